The molecule has 0 aliphatic heterocycles. The molecule has 138 valence electrons. The molecule has 0 saturated heterocycles. The third-order valence-corrected chi connectivity index (χ3v) is 4.75. The summed E-state index contributed by atoms with van der Waals surface area (Å²) in [6.07, 6.45) is 2.29. The number of para-hydroxylation sites is 1. The monoisotopic (exact) mass is 376 g/mol. The number of hydrogen-bond acceptors (Lipinski definition) is 7. The fourth-order valence-corrected chi connectivity index (χ4v) is 4.18. The van der Waals surface area contributed by atoms with E-state index < -0.39 is 15.6 Å². The summed E-state index contributed by atoms with van der Waals surface area (Å²) in [7, 11) is -3.42. The molecule has 4 N–H and O–H groups in total. The Labute approximate surface area is 150 Å². The van der Waals surface area contributed by atoms with Crippen molar-refractivity contribution in [1.82, 2.24) is 19.3 Å². The Morgan fingerprint density at radius 2 is 2.04 bits per heavy atom. The molecule has 0 bridgehead atoms. The standard InChI is InChI=1S/C16H20N6O3S/c1-16(2,21-26(3,24)25)9-22-12(8-18-23)20-13-14(22)10-6-4-5-7-11(10)19-15(13)17/h4-8,21,23H,9H2,1-3H3,(H2,17,19)/b18-8+. The lowest BCUT2D eigenvalue weighted by Crippen LogP contribution is -2.46. The smallest absolute Gasteiger partial charge is 0.209 e. The minimum Gasteiger partial charge on any atom is -0.411 e. The van der Waals surface area contributed by atoms with Gasteiger partial charge >= 0.3 is 0 Å². The van der Waals surface area contributed by atoms with Gasteiger partial charge in [-0.1, -0.05) is 23.4 Å². The van der Waals surface area contributed by atoms with E-state index in [-0.39, 0.29) is 12.4 Å². The lowest BCUT2D eigenvalue weighted by molar-refractivity contribution is 0.321. The van der Waals surface area contributed by atoms with Crippen molar-refractivity contribution in [2.45, 2.75) is 25.9 Å². The summed E-state index contributed by atoms with van der Waals surface area (Å²) in [5, 5.41) is 12.9. The molecule has 0 unspecified atom stereocenters. The number of nitrogens with two attached hydrogens (primary N) is 1. The number of anilines is 1. The summed E-state index contributed by atoms with van der Waals surface area (Å²) >= 11 is 0. The van der Waals surface area contributed by atoms with Crippen LogP contribution >= 0.6 is 0 Å². The summed E-state index contributed by atoms with van der Waals surface area (Å²) in [5.74, 6) is 0.592. The average Bonchev–Trinajstić information content (AvgIpc) is 2.84. The first-order chi connectivity index (χ1) is 12.1. The highest BCUT2D eigenvalue weighted by Gasteiger charge is 2.26. The van der Waals surface area contributed by atoms with E-state index in [0.29, 0.717) is 22.4 Å². The first kappa shape index (κ1) is 18.1. The molecule has 10 heteroatoms. The van der Waals surface area contributed by atoms with Crippen LogP contribution in [0.1, 0.15) is 19.7 Å². The number of hydrogen-bond donors (Lipinski definition) is 3. The Hall–Kier alpha value is -2.72. The zero-order chi connectivity index (χ0) is 19.1. The van der Waals surface area contributed by atoms with Gasteiger partial charge < -0.3 is 15.5 Å². The van der Waals surface area contributed by atoms with E-state index in [1.807, 2.05) is 24.3 Å². The molecular formula is C16H20N6O3S. The van der Waals surface area contributed by atoms with Gasteiger partial charge in [-0.05, 0) is 19.9 Å². The maximum absolute atomic E-state index is 11.7. The summed E-state index contributed by atoms with van der Waals surface area (Å²) in [5.41, 5.74) is 7.10. The van der Waals surface area contributed by atoms with E-state index in [1.165, 1.54) is 6.21 Å². The minimum atomic E-state index is -3.42. The van der Waals surface area contributed by atoms with Crippen molar-refractivity contribution >= 4 is 44.0 Å². The highest BCUT2D eigenvalue weighted by molar-refractivity contribution is 7.88. The van der Waals surface area contributed by atoms with Gasteiger partial charge in [-0.3, -0.25) is 0 Å². The van der Waals surface area contributed by atoms with E-state index in [1.54, 1.807) is 18.4 Å². The van der Waals surface area contributed by atoms with E-state index >= 15 is 0 Å². The Bertz CT molecular complexity index is 1120. The molecule has 2 aromatic heterocycles. The molecular weight excluding hydrogens is 356 g/mol. The summed E-state index contributed by atoms with van der Waals surface area (Å²) < 4.78 is 27.7. The van der Waals surface area contributed by atoms with E-state index in [0.717, 1.165) is 11.6 Å². The number of pyridine rings is 1. The number of imidazole rings is 1. The van der Waals surface area contributed by atoms with Gasteiger partial charge in [0.1, 0.15) is 11.7 Å². The normalized spacial score (nSPS) is 13.2. The maximum atomic E-state index is 11.7. The number of benzene rings is 1. The molecule has 0 spiro atoms. The second-order valence-electron chi connectivity index (χ2n) is 6.77. The van der Waals surface area contributed by atoms with Crippen LogP contribution in [0.15, 0.2) is 29.4 Å². The Morgan fingerprint density at radius 1 is 1.35 bits per heavy atom. The van der Waals surface area contributed by atoms with Crippen LogP contribution in [0, 0.1) is 0 Å². The second-order valence-corrected chi connectivity index (χ2v) is 8.52. The van der Waals surface area contributed by atoms with Gasteiger partial charge in [0.25, 0.3) is 0 Å². The zero-order valence-corrected chi connectivity index (χ0v) is 15.4. The van der Waals surface area contributed by atoms with Gasteiger partial charge in [0.2, 0.25) is 10.0 Å². The number of rotatable bonds is 5. The highest BCUT2D eigenvalue weighted by Crippen LogP contribution is 2.29. The van der Waals surface area contributed by atoms with Crippen molar-refractivity contribution in [1.29, 1.82) is 0 Å². The van der Waals surface area contributed by atoms with E-state index in [9.17, 15) is 8.42 Å². The van der Waals surface area contributed by atoms with Gasteiger partial charge in [-0.15, -0.1) is 0 Å². The Balaban J connectivity index is 2.30. The zero-order valence-electron chi connectivity index (χ0n) is 14.6. The molecule has 3 rings (SSSR count). The molecule has 0 saturated carbocycles. The van der Waals surface area contributed by atoms with Gasteiger partial charge in [0.15, 0.2) is 11.6 Å². The highest BCUT2D eigenvalue weighted by atomic mass is 32.2. The van der Waals surface area contributed by atoms with Crippen molar-refractivity contribution in [2.24, 2.45) is 5.16 Å². The summed E-state index contributed by atoms with van der Waals surface area (Å²) in [6.45, 7) is 3.75. The van der Waals surface area contributed by atoms with Crippen LogP contribution < -0.4 is 10.5 Å². The van der Waals surface area contributed by atoms with Crippen molar-refractivity contribution in [3.05, 3.63) is 30.1 Å². The number of nitrogens with one attached hydrogen (secondary N) is 1. The number of fused-ring (bicyclic) bond motifs is 3. The average molecular weight is 376 g/mol. The second kappa shape index (κ2) is 6.22. The van der Waals surface area contributed by atoms with E-state index in [2.05, 4.69) is 19.8 Å². The van der Waals surface area contributed by atoms with Crippen LogP contribution in [0.5, 0.6) is 0 Å². The molecule has 0 aliphatic rings. The summed E-state index contributed by atoms with van der Waals surface area (Å²) in [4.78, 5) is 8.78. The molecule has 1 aromatic carbocycles. The first-order valence-corrected chi connectivity index (χ1v) is 9.71. The van der Waals surface area contributed by atoms with Crippen molar-refractivity contribution < 1.29 is 13.6 Å². The molecule has 0 fully saturated rings. The molecule has 0 amide bonds. The predicted molar refractivity (Wildman–Crippen MR) is 101 cm³/mol. The molecule has 0 aliphatic carbocycles. The van der Waals surface area contributed by atoms with Gasteiger partial charge in [0.05, 0.1) is 17.3 Å². The molecule has 0 atom stereocenters. The van der Waals surface area contributed by atoms with Gasteiger partial charge in [-0.25, -0.2) is 23.1 Å². The number of aromatic nitrogens is 3. The van der Waals surface area contributed by atoms with Crippen molar-refractivity contribution in [3.8, 4) is 0 Å². The van der Waals surface area contributed by atoms with Crippen LogP contribution in [0.25, 0.3) is 21.9 Å². The number of sulfonamides is 1. The molecule has 2 heterocycles. The Kier molecular flexibility index (Phi) is 4.32. The van der Waals surface area contributed by atoms with Crippen molar-refractivity contribution in [2.75, 3.05) is 12.0 Å². The quantitative estimate of drug-likeness (QED) is 0.349. The first-order valence-electron chi connectivity index (χ1n) is 7.82. The number of oxime groups is 1. The van der Waals surface area contributed by atoms with Crippen LogP contribution in [-0.2, 0) is 16.6 Å². The van der Waals surface area contributed by atoms with Crippen LogP contribution in [0.4, 0.5) is 5.82 Å². The molecule has 26 heavy (non-hydrogen) atoms. The lowest BCUT2D eigenvalue weighted by Gasteiger charge is -2.26. The molecule has 9 nitrogen and oxygen atoms in total. The van der Waals surface area contributed by atoms with Crippen LogP contribution in [0.3, 0.4) is 0 Å². The Morgan fingerprint density at radius 3 is 2.69 bits per heavy atom. The van der Waals surface area contributed by atoms with Gasteiger partial charge in [0, 0.05) is 17.5 Å². The number of nitrogens with zero attached hydrogens (tertiary/aromatic N) is 4. The third kappa shape index (κ3) is 3.46. The maximum Gasteiger partial charge on any atom is 0.209 e. The van der Waals surface area contributed by atoms with Crippen LogP contribution in [-0.4, -0.2) is 46.2 Å². The number of nitrogen functional groups attached to an aromatic ring is 1. The lowest BCUT2D eigenvalue weighted by atomic mass is 10.1. The predicted octanol–water partition coefficient (Wildman–Crippen LogP) is 1.30. The van der Waals surface area contributed by atoms with Crippen molar-refractivity contribution in [3.63, 3.8) is 0 Å². The SMILES string of the molecule is CC(C)(Cn1c(/C=N/O)nc2c(N)nc3ccccc3c21)NS(C)(=O)=O. The molecule has 0 radical (unpaired) electrons. The fraction of sp³-hybridized carbons (Fsp3) is 0.312. The van der Waals surface area contributed by atoms with Gasteiger partial charge in [-0.2, -0.15) is 0 Å². The third-order valence-electron chi connectivity index (χ3n) is 3.83. The minimum absolute atomic E-state index is 0.241. The fourth-order valence-electron chi connectivity index (χ4n) is 3.12. The molecule has 3 aromatic rings. The van der Waals surface area contributed by atoms with Crippen LogP contribution in [0.2, 0.25) is 0 Å². The summed E-state index contributed by atoms with van der Waals surface area (Å²) in [6, 6.07) is 7.45. The van der Waals surface area contributed by atoms with E-state index in [4.69, 9.17) is 10.9 Å². The largest absolute Gasteiger partial charge is 0.411 e. The topological polar surface area (TPSA) is 135 Å².